The van der Waals surface area contributed by atoms with Crippen LogP contribution in [0.1, 0.15) is 21.6 Å². The highest BCUT2D eigenvalue weighted by Crippen LogP contribution is 2.39. The first-order valence-corrected chi connectivity index (χ1v) is 11.8. The molecule has 1 atom stereocenters. The van der Waals surface area contributed by atoms with E-state index in [1.165, 1.54) is 43.5 Å². The summed E-state index contributed by atoms with van der Waals surface area (Å²) in [4.78, 5) is 15.4. The molecule has 2 heterocycles. The second-order valence-corrected chi connectivity index (χ2v) is 9.12. The van der Waals surface area contributed by atoms with Crippen LogP contribution in [0.4, 0.5) is 8.78 Å². The van der Waals surface area contributed by atoms with Gasteiger partial charge in [0.25, 0.3) is 5.91 Å². The smallest absolute Gasteiger partial charge is 0.251 e. The number of hydrogen-bond donors (Lipinski definition) is 3. The van der Waals surface area contributed by atoms with Crippen LogP contribution in [0.5, 0.6) is 17.2 Å². The highest BCUT2D eigenvalue weighted by molar-refractivity contribution is 7.81. The summed E-state index contributed by atoms with van der Waals surface area (Å²) < 4.78 is 42.3. The Morgan fingerprint density at radius 1 is 1.28 bits per heavy atom. The molecule has 11 heteroatoms. The summed E-state index contributed by atoms with van der Waals surface area (Å²) in [6.07, 6.45) is 0.583. The van der Waals surface area contributed by atoms with Crippen LogP contribution in [0.3, 0.4) is 0 Å². The molecular weight excluding hydrogens is 514 g/mol. The number of rotatable bonds is 9. The maximum absolute atomic E-state index is 13.7. The van der Waals surface area contributed by atoms with Crippen molar-refractivity contribution in [2.24, 2.45) is 0 Å². The van der Waals surface area contributed by atoms with Crippen molar-refractivity contribution in [3.63, 3.8) is 0 Å². The van der Waals surface area contributed by atoms with Gasteiger partial charge in [-0.05, 0) is 42.5 Å². The van der Waals surface area contributed by atoms with Crippen LogP contribution in [-0.4, -0.2) is 49.5 Å². The number of thiol groups is 1. The number of carbonyl (C=O) groups excluding carboxylic acids is 1. The van der Waals surface area contributed by atoms with Crippen molar-refractivity contribution in [2.45, 2.75) is 11.4 Å². The van der Waals surface area contributed by atoms with E-state index < -0.39 is 23.3 Å². The summed E-state index contributed by atoms with van der Waals surface area (Å²) >= 11 is 10.3. The topological polar surface area (TPSA) is 89.9 Å². The van der Waals surface area contributed by atoms with Crippen molar-refractivity contribution in [2.75, 3.05) is 33.5 Å². The van der Waals surface area contributed by atoms with Crippen LogP contribution < -0.4 is 19.5 Å². The fourth-order valence-electron chi connectivity index (χ4n) is 3.71. The van der Waals surface area contributed by atoms with Gasteiger partial charge in [-0.2, -0.15) is 0 Å². The number of benzene rings is 2. The summed E-state index contributed by atoms with van der Waals surface area (Å²) in [5.41, 5.74) is 2.10. The Kier molecular flexibility index (Phi) is 7.87. The van der Waals surface area contributed by atoms with Crippen LogP contribution in [0.25, 0.3) is 11.3 Å². The first-order chi connectivity index (χ1) is 17.2. The molecule has 3 aromatic rings. The second kappa shape index (κ2) is 10.9. The van der Waals surface area contributed by atoms with Crippen molar-refractivity contribution in [3.05, 3.63) is 70.1 Å². The number of aromatic nitrogens is 1. The average molecular weight is 537 g/mol. The lowest BCUT2D eigenvalue weighted by molar-refractivity contribution is 0.0879. The van der Waals surface area contributed by atoms with E-state index in [0.717, 1.165) is 5.56 Å². The number of fused-ring (bicyclic) bond motifs is 1. The Morgan fingerprint density at radius 2 is 2.08 bits per heavy atom. The van der Waals surface area contributed by atoms with E-state index in [1.54, 1.807) is 6.07 Å². The third-order valence-corrected chi connectivity index (χ3v) is 6.20. The Hall–Kier alpha value is -3.08. The van der Waals surface area contributed by atoms with Gasteiger partial charge >= 0.3 is 0 Å². The first-order valence-electron chi connectivity index (χ1n) is 11.0. The van der Waals surface area contributed by atoms with Gasteiger partial charge in [0.15, 0.2) is 16.4 Å². The third-order valence-electron chi connectivity index (χ3n) is 5.53. The Balaban J connectivity index is 1.56. The van der Waals surface area contributed by atoms with Crippen LogP contribution in [0.2, 0.25) is 5.02 Å². The van der Waals surface area contributed by atoms with Gasteiger partial charge in [0.1, 0.15) is 30.5 Å². The zero-order chi connectivity index (χ0) is 25.9. The number of aliphatic hydroxyl groups is 1. The van der Waals surface area contributed by atoms with E-state index in [4.69, 9.17) is 25.8 Å². The van der Waals surface area contributed by atoms with E-state index in [0.29, 0.717) is 35.8 Å². The molecule has 1 aromatic heterocycles. The zero-order valence-electron chi connectivity index (χ0n) is 19.2. The molecule has 0 fully saturated rings. The van der Waals surface area contributed by atoms with Crippen LogP contribution >= 0.6 is 24.2 Å². The Labute approximate surface area is 216 Å². The number of carbonyl (C=O) groups is 1. The van der Waals surface area contributed by atoms with Gasteiger partial charge in [-0.3, -0.25) is 4.79 Å². The van der Waals surface area contributed by atoms with Crippen molar-refractivity contribution in [1.29, 1.82) is 0 Å². The fraction of sp³-hybridized carbons (Fsp3) is 0.280. The highest BCUT2D eigenvalue weighted by Gasteiger charge is 2.31. The lowest BCUT2D eigenvalue weighted by atomic mass is 10.0. The monoisotopic (exact) mass is 536 g/mol. The summed E-state index contributed by atoms with van der Waals surface area (Å²) in [6, 6.07) is 10.3. The third kappa shape index (κ3) is 5.50. The van der Waals surface area contributed by atoms with Gasteiger partial charge < -0.3 is 24.6 Å². The van der Waals surface area contributed by atoms with E-state index in [2.05, 4.69) is 22.9 Å². The molecule has 0 saturated heterocycles. The normalized spacial score (nSPS) is 13.9. The lowest BCUT2D eigenvalue weighted by Gasteiger charge is -2.24. The van der Waals surface area contributed by atoms with E-state index >= 15 is 0 Å². The maximum atomic E-state index is 13.7. The van der Waals surface area contributed by atoms with Crippen molar-refractivity contribution in [1.82, 2.24) is 10.3 Å². The Morgan fingerprint density at radius 3 is 2.81 bits per heavy atom. The standard InChI is InChI=1S/C25H23ClF2N2O5S/c1-33-20-11-16(3-5-19(20)34-9-7-27)24(31)29-13-25(32,36)21-12-15-6-8-35-23(15)22(30-21)14-2-4-18(28)17(26)10-14/h2-5,10-12,32,36H,6-9,13H2,1H3,(H,29,31). The number of amides is 1. The maximum Gasteiger partial charge on any atom is 0.251 e. The number of nitrogens with zero attached hydrogens (tertiary/aromatic N) is 1. The van der Waals surface area contributed by atoms with Gasteiger partial charge in [-0.1, -0.05) is 11.6 Å². The lowest BCUT2D eigenvalue weighted by Crippen LogP contribution is -2.37. The number of pyridine rings is 1. The predicted octanol–water partition coefficient (Wildman–Crippen LogP) is 4.34. The first kappa shape index (κ1) is 26.0. The zero-order valence-corrected chi connectivity index (χ0v) is 20.8. The summed E-state index contributed by atoms with van der Waals surface area (Å²) in [7, 11) is 1.40. The number of ether oxygens (including phenoxy) is 3. The molecule has 2 aromatic carbocycles. The predicted molar refractivity (Wildman–Crippen MR) is 134 cm³/mol. The fourth-order valence-corrected chi connectivity index (χ4v) is 4.09. The number of nitrogens with one attached hydrogen (secondary N) is 1. The molecule has 190 valence electrons. The highest BCUT2D eigenvalue weighted by atomic mass is 35.5. The number of alkyl halides is 1. The molecule has 1 unspecified atom stereocenters. The molecule has 0 spiro atoms. The molecule has 36 heavy (non-hydrogen) atoms. The van der Waals surface area contributed by atoms with E-state index in [1.807, 2.05) is 0 Å². The minimum atomic E-state index is -1.85. The number of halogens is 3. The van der Waals surface area contributed by atoms with Crippen LogP contribution in [-0.2, 0) is 11.4 Å². The van der Waals surface area contributed by atoms with Gasteiger partial charge in [-0.15, -0.1) is 12.6 Å². The molecule has 2 N–H and O–H groups in total. The summed E-state index contributed by atoms with van der Waals surface area (Å²) in [5.74, 6) is 0.0151. The summed E-state index contributed by atoms with van der Waals surface area (Å²) in [6.45, 7) is -0.658. The molecule has 0 aliphatic carbocycles. The van der Waals surface area contributed by atoms with Gasteiger partial charge in [0, 0.05) is 23.1 Å². The van der Waals surface area contributed by atoms with E-state index in [9.17, 15) is 18.7 Å². The van der Waals surface area contributed by atoms with Crippen LogP contribution in [0, 0.1) is 5.82 Å². The molecule has 1 aliphatic rings. The van der Waals surface area contributed by atoms with Crippen LogP contribution in [0.15, 0.2) is 42.5 Å². The van der Waals surface area contributed by atoms with Gasteiger partial charge in [0.05, 0.1) is 31.0 Å². The summed E-state index contributed by atoms with van der Waals surface area (Å²) in [5, 5.41) is 13.7. The molecule has 4 rings (SSSR count). The Bertz CT molecular complexity index is 1290. The molecule has 7 nitrogen and oxygen atoms in total. The molecule has 1 aliphatic heterocycles. The molecule has 0 bridgehead atoms. The number of hydrogen-bond acceptors (Lipinski definition) is 7. The minimum Gasteiger partial charge on any atom is -0.493 e. The number of methoxy groups -OCH3 is 1. The quantitative estimate of drug-likeness (QED) is 0.278. The second-order valence-electron chi connectivity index (χ2n) is 7.97. The minimum absolute atomic E-state index is 0.0728. The van der Waals surface area contributed by atoms with Gasteiger partial charge in [0.2, 0.25) is 0 Å². The largest absolute Gasteiger partial charge is 0.493 e. The molecular formula is C25H23ClF2N2O5S. The van der Waals surface area contributed by atoms with Crippen molar-refractivity contribution < 1.29 is 32.9 Å². The average Bonchev–Trinajstić information content (AvgIpc) is 3.36. The van der Waals surface area contributed by atoms with E-state index in [-0.39, 0.29) is 35.2 Å². The van der Waals surface area contributed by atoms with Gasteiger partial charge in [-0.25, -0.2) is 13.8 Å². The molecule has 0 radical (unpaired) electrons. The molecule has 1 amide bonds. The molecule has 0 saturated carbocycles. The van der Waals surface area contributed by atoms with Crippen molar-refractivity contribution >= 4 is 30.1 Å². The SMILES string of the molecule is COc1cc(C(=O)NCC(O)(S)c2cc3c(c(-c4ccc(F)c(Cl)c4)n2)OCC3)ccc1OCCF. The van der Waals surface area contributed by atoms with Crippen molar-refractivity contribution in [3.8, 4) is 28.5 Å².